The molecule has 0 aromatic heterocycles. The number of rotatable bonds is 36. The number of phosphoric acid groups is 1. The van der Waals surface area contributed by atoms with Crippen LogP contribution in [0.5, 0.6) is 0 Å². The Morgan fingerprint density at radius 1 is 0.694 bits per heavy atom. The van der Waals surface area contributed by atoms with Crippen molar-refractivity contribution in [3.05, 3.63) is 24.3 Å². The summed E-state index contributed by atoms with van der Waals surface area (Å²) in [5.74, 6) is -0.195. The van der Waals surface area contributed by atoms with Gasteiger partial charge in [-0.15, -0.1) is 0 Å². The minimum absolute atomic E-state index is 0.0551. The number of amides is 1. The molecule has 0 saturated carbocycles. The van der Waals surface area contributed by atoms with E-state index in [1.165, 1.54) is 122 Å². The largest absolute Gasteiger partial charge is 0.472 e. The fourth-order valence-corrected chi connectivity index (χ4v) is 6.42. The summed E-state index contributed by atoms with van der Waals surface area (Å²) in [7, 11) is 1.55. The smallest absolute Gasteiger partial charge is 0.387 e. The van der Waals surface area contributed by atoms with E-state index in [4.69, 9.17) is 9.05 Å². The third-order valence-corrected chi connectivity index (χ3v) is 9.96. The summed E-state index contributed by atoms with van der Waals surface area (Å²) in [4.78, 5) is 23.0. The van der Waals surface area contributed by atoms with Crippen molar-refractivity contribution in [3.63, 3.8) is 0 Å². The van der Waals surface area contributed by atoms with Crippen molar-refractivity contribution in [3.8, 4) is 0 Å². The molecule has 9 heteroatoms. The molecule has 0 aliphatic heterocycles. The first-order chi connectivity index (χ1) is 23.5. The van der Waals surface area contributed by atoms with Crippen molar-refractivity contribution in [1.29, 1.82) is 0 Å². The number of likely N-dealkylation sites (N-methyl/N-ethyl adjacent to an activating group) is 1. The Kier molecular flexibility index (Phi) is 32.2. The van der Waals surface area contributed by atoms with Crippen LogP contribution in [0.25, 0.3) is 0 Å². The molecule has 3 N–H and O–H groups in total. The van der Waals surface area contributed by atoms with Gasteiger partial charge in [0.05, 0.1) is 39.9 Å². The lowest BCUT2D eigenvalue weighted by molar-refractivity contribution is -0.870. The second-order valence-corrected chi connectivity index (χ2v) is 16.5. The Morgan fingerprint density at radius 3 is 1.61 bits per heavy atom. The Hall–Kier alpha value is -1.02. The average Bonchev–Trinajstić information content (AvgIpc) is 3.04. The zero-order chi connectivity index (χ0) is 36.5. The van der Waals surface area contributed by atoms with Crippen LogP contribution < -0.4 is 5.32 Å². The highest BCUT2D eigenvalue weighted by Crippen LogP contribution is 2.43. The van der Waals surface area contributed by atoms with E-state index in [9.17, 15) is 19.4 Å². The number of aliphatic hydroxyl groups excluding tert-OH is 1. The number of nitrogens with zero attached hydrogens (tertiary/aromatic N) is 1. The molecule has 1 amide bonds. The number of nitrogens with one attached hydrogen (secondary N) is 1. The predicted molar refractivity (Wildman–Crippen MR) is 208 cm³/mol. The molecule has 0 fully saturated rings. The number of hydrogen-bond donors (Lipinski definition) is 3. The number of aliphatic hydroxyl groups is 1. The number of unbranched alkanes of at least 4 members (excludes halogenated alkanes) is 22. The lowest BCUT2D eigenvalue weighted by Gasteiger charge is -2.25. The molecule has 0 aromatic carbocycles. The van der Waals surface area contributed by atoms with E-state index in [0.717, 1.165) is 32.1 Å². The predicted octanol–water partition coefficient (Wildman–Crippen LogP) is 10.6. The SMILES string of the molecule is CCCCCCCCC/C=C/C=C/[C@@H](O)[C@H](COP(=O)(O)OCC[N+](C)(C)C)NC(=O)CCCCCCCCCCCCCCCCCC. The van der Waals surface area contributed by atoms with Crippen molar-refractivity contribution < 1.29 is 32.9 Å². The molecule has 1 unspecified atom stereocenters. The Balaban J connectivity index is 4.48. The van der Waals surface area contributed by atoms with Gasteiger partial charge in [0.1, 0.15) is 13.2 Å². The van der Waals surface area contributed by atoms with Crippen LogP contribution in [0.3, 0.4) is 0 Å². The molecule has 8 nitrogen and oxygen atoms in total. The molecular weight excluding hydrogens is 635 g/mol. The molecule has 49 heavy (non-hydrogen) atoms. The van der Waals surface area contributed by atoms with E-state index in [1.807, 2.05) is 27.2 Å². The highest BCUT2D eigenvalue weighted by atomic mass is 31.2. The quantitative estimate of drug-likeness (QED) is 0.0258. The number of allylic oxidation sites excluding steroid dienone is 3. The summed E-state index contributed by atoms with van der Waals surface area (Å²) in [6, 6.07) is -0.871. The summed E-state index contributed by atoms with van der Waals surface area (Å²) in [5.41, 5.74) is 0. The van der Waals surface area contributed by atoms with Gasteiger partial charge >= 0.3 is 7.82 Å². The van der Waals surface area contributed by atoms with E-state index >= 15 is 0 Å². The molecular formula is C40H80N2O6P+. The molecule has 290 valence electrons. The van der Waals surface area contributed by atoms with Crippen molar-refractivity contribution in [2.45, 2.75) is 187 Å². The molecule has 0 rings (SSSR count). The number of hydrogen-bond acceptors (Lipinski definition) is 5. The zero-order valence-corrected chi connectivity index (χ0v) is 33.6. The van der Waals surface area contributed by atoms with Crippen molar-refractivity contribution in [2.75, 3.05) is 40.9 Å². The molecule has 0 spiro atoms. The number of carbonyl (C=O) groups is 1. The maximum atomic E-state index is 12.8. The van der Waals surface area contributed by atoms with Gasteiger partial charge in [0.25, 0.3) is 0 Å². The molecule has 0 aliphatic rings. The van der Waals surface area contributed by atoms with Gasteiger partial charge in [-0.05, 0) is 19.3 Å². The molecule has 0 aliphatic carbocycles. The molecule has 0 saturated heterocycles. The topological polar surface area (TPSA) is 105 Å². The van der Waals surface area contributed by atoms with Gasteiger partial charge in [-0.3, -0.25) is 13.8 Å². The summed E-state index contributed by atoms with van der Waals surface area (Å²) in [5, 5.41) is 13.7. The number of carbonyl (C=O) groups excluding carboxylic acids is 1. The van der Waals surface area contributed by atoms with Gasteiger partial charge in [-0.2, -0.15) is 0 Å². The first kappa shape index (κ1) is 48.0. The number of phosphoric ester groups is 1. The Bertz CT molecular complexity index is 860. The summed E-state index contributed by atoms with van der Waals surface area (Å²) in [6.07, 6.45) is 36.8. The highest BCUT2D eigenvalue weighted by Gasteiger charge is 2.27. The van der Waals surface area contributed by atoms with Crippen LogP contribution in [-0.2, 0) is 18.4 Å². The maximum absolute atomic E-state index is 12.8. The Labute approximate surface area is 303 Å². The number of quaternary nitrogens is 1. The summed E-state index contributed by atoms with van der Waals surface area (Å²) >= 11 is 0. The zero-order valence-electron chi connectivity index (χ0n) is 32.7. The van der Waals surface area contributed by atoms with Crippen molar-refractivity contribution >= 4 is 13.7 Å². The van der Waals surface area contributed by atoms with E-state index in [0.29, 0.717) is 17.4 Å². The van der Waals surface area contributed by atoms with Crippen LogP contribution in [0.4, 0.5) is 0 Å². The van der Waals surface area contributed by atoms with Crippen LogP contribution in [0, 0.1) is 0 Å². The second kappa shape index (κ2) is 32.9. The third kappa shape index (κ3) is 35.2. The first-order valence-electron chi connectivity index (χ1n) is 20.2. The van der Waals surface area contributed by atoms with Crippen molar-refractivity contribution in [1.82, 2.24) is 5.32 Å². The minimum Gasteiger partial charge on any atom is -0.387 e. The lowest BCUT2D eigenvalue weighted by atomic mass is 10.0. The van der Waals surface area contributed by atoms with Crippen LogP contribution in [0.1, 0.15) is 174 Å². The lowest BCUT2D eigenvalue weighted by Crippen LogP contribution is -2.45. The van der Waals surface area contributed by atoms with E-state index in [1.54, 1.807) is 12.2 Å². The summed E-state index contributed by atoms with van der Waals surface area (Å²) in [6.45, 7) is 4.75. The Morgan fingerprint density at radius 2 is 1.14 bits per heavy atom. The van der Waals surface area contributed by atoms with E-state index in [-0.39, 0.29) is 19.1 Å². The van der Waals surface area contributed by atoms with Gasteiger partial charge in [-0.25, -0.2) is 4.57 Å². The van der Waals surface area contributed by atoms with Gasteiger partial charge in [0.2, 0.25) is 5.91 Å². The van der Waals surface area contributed by atoms with E-state index in [2.05, 4.69) is 25.2 Å². The first-order valence-corrected chi connectivity index (χ1v) is 21.7. The van der Waals surface area contributed by atoms with Gasteiger partial charge < -0.3 is 19.8 Å². The molecule has 0 bridgehead atoms. The van der Waals surface area contributed by atoms with Crippen LogP contribution in [0.15, 0.2) is 24.3 Å². The monoisotopic (exact) mass is 716 g/mol. The molecule has 0 aromatic rings. The standard InChI is InChI=1S/C40H79N2O6P/c1-6-8-10-12-14-16-18-19-20-21-22-24-26-28-30-32-34-40(44)41-38(37-48-49(45,46)47-36-35-42(3,4)5)39(43)33-31-29-27-25-23-17-15-13-11-9-7-2/h27,29,31,33,38-39,43H,6-26,28,30,32,34-37H2,1-5H3,(H-,41,44,45,46)/p+1/b29-27+,33-31+/t38-,39+/m0/s1. The fraction of sp³-hybridized carbons (Fsp3) is 0.875. The molecule has 0 heterocycles. The van der Waals surface area contributed by atoms with Crippen LogP contribution in [-0.4, -0.2) is 73.4 Å². The third-order valence-electron chi connectivity index (χ3n) is 8.98. The van der Waals surface area contributed by atoms with Gasteiger partial charge in [0, 0.05) is 6.42 Å². The summed E-state index contributed by atoms with van der Waals surface area (Å²) < 4.78 is 23.4. The average molecular weight is 716 g/mol. The van der Waals surface area contributed by atoms with Gasteiger partial charge in [0.15, 0.2) is 0 Å². The fourth-order valence-electron chi connectivity index (χ4n) is 5.69. The van der Waals surface area contributed by atoms with Crippen LogP contribution >= 0.6 is 7.82 Å². The normalized spacial score (nSPS) is 14.8. The molecule has 0 radical (unpaired) electrons. The van der Waals surface area contributed by atoms with Crippen molar-refractivity contribution in [2.24, 2.45) is 0 Å². The minimum atomic E-state index is -4.34. The maximum Gasteiger partial charge on any atom is 0.472 e. The van der Waals surface area contributed by atoms with Gasteiger partial charge in [-0.1, -0.05) is 173 Å². The molecule has 3 atom stereocenters. The second-order valence-electron chi connectivity index (χ2n) is 15.1. The highest BCUT2D eigenvalue weighted by molar-refractivity contribution is 7.47. The van der Waals surface area contributed by atoms with Crippen LogP contribution in [0.2, 0.25) is 0 Å². The van der Waals surface area contributed by atoms with E-state index < -0.39 is 20.0 Å².